The molecular weight excluding hydrogens is 251 g/mol. The molecule has 0 saturated heterocycles. The largest absolute Gasteiger partial charge is 0.480 e. The van der Waals surface area contributed by atoms with Crippen LogP contribution in [0.1, 0.15) is 23.7 Å². The van der Waals surface area contributed by atoms with E-state index < -0.39 is 29.7 Å². The number of rotatable bonds is 5. The number of amides is 1. The van der Waals surface area contributed by atoms with Crippen molar-refractivity contribution in [2.45, 2.75) is 19.4 Å². The van der Waals surface area contributed by atoms with Crippen molar-refractivity contribution in [3.8, 4) is 6.07 Å². The number of hydrogen-bond acceptors (Lipinski definition) is 3. The Hall–Kier alpha value is -2.42. The molecule has 0 aliphatic heterocycles. The summed E-state index contributed by atoms with van der Waals surface area (Å²) in [7, 11) is 0. The summed E-state index contributed by atoms with van der Waals surface area (Å²) in [5, 5.41) is 19.8. The van der Waals surface area contributed by atoms with Crippen LogP contribution in [0.3, 0.4) is 0 Å². The van der Waals surface area contributed by atoms with Gasteiger partial charge in [0.2, 0.25) is 0 Å². The molecule has 1 aromatic rings. The summed E-state index contributed by atoms with van der Waals surface area (Å²) in [5.41, 5.74) is -0.224. The van der Waals surface area contributed by atoms with E-state index >= 15 is 0 Å². The topological polar surface area (TPSA) is 90.2 Å². The van der Waals surface area contributed by atoms with Gasteiger partial charge in [0, 0.05) is 5.92 Å². The molecule has 1 amide bonds. The molecule has 2 atom stereocenters. The highest BCUT2D eigenvalue weighted by Gasteiger charge is 2.24. The zero-order valence-electron chi connectivity index (χ0n) is 10.3. The van der Waals surface area contributed by atoms with E-state index in [4.69, 9.17) is 10.4 Å². The minimum Gasteiger partial charge on any atom is -0.480 e. The molecule has 0 spiro atoms. The molecule has 2 N–H and O–H groups in total. The lowest BCUT2D eigenvalue weighted by atomic mass is 10.0. The molecule has 5 nitrogen and oxygen atoms in total. The van der Waals surface area contributed by atoms with Gasteiger partial charge in [-0.05, 0) is 25.5 Å². The summed E-state index contributed by atoms with van der Waals surface area (Å²) >= 11 is 0. The zero-order valence-corrected chi connectivity index (χ0v) is 10.3. The number of carbonyl (C=O) groups is 2. The van der Waals surface area contributed by atoms with E-state index in [2.05, 4.69) is 5.32 Å². The van der Waals surface area contributed by atoms with Gasteiger partial charge < -0.3 is 10.4 Å². The van der Waals surface area contributed by atoms with Crippen LogP contribution in [0.4, 0.5) is 4.39 Å². The Morgan fingerprint density at radius 3 is 2.63 bits per heavy atom. The molecule has 0 aromatic heterocycles. The van der Waals surface area contributed by atoms with Gasteiger partial charge in [0.1, 0.15) is 11.9 Å². The Morgan fingerprint density at radius 1 is 1.47 bits per heavy atom. The Balaban J connectivity index is 2.81. The van der Waals surface area contributed by atoms with Gasteiger partial charge in [-0.1, -0.05) is 12.1 Å². The average Bonchev–Trinajstić information content (AvgIpc) is 2.37. The van der Waals surface area contributed by atoms with Crippen LogP contribution in [0.2, 0.25) is 0 Å². The highest BCUT2D eigenvalue weighted by molar-refractivity contribution is 5.96. The fourth-order valence-electron chi connectivity index (χ4n) is 1.51. The Morgan fingerprint density at radius 2 is 2.11 bits per heavy atom. The van der Waals surface area contributed by atoms with E-state index in [-0.39, 0.29) is 12.0 Å². The van der Waals surface area contributed by atoms with Crippen molar-refractivity contribution in [3.63, 3.8) is 0 Å². The zero-order chi connectivity index (χ0) is 14.4. The van der Waals surface area contributed by atoms with E-state index in [1.165, 1.54) is 18.2 Å². The molecule has 0 aliphatic carbocycles. The number of carboxylic acids is 1. The fourth-order valence-corrected chi connectivity index (χ4v) is 1.51. The molecule has 1 rings (SSSR count). The highest BCUT2D eigenvalue weighted by Crippen LogP contribution is 2.09. The van der Waals surface area contributed by atoms with Gasteiger partial charge in [0.05, 0.1) is 11.6 Å². The maximum Gasteiger partial charge on any atom is 0.326 e. The van der Waals surface area contributed by atoms with E-state index in [9.17, 15) is 14.0 Å². The number of halogens is 1. The third-order valence-electron chi connectivity index (χ3n) is 2.53. The van der Waals surface area contributed by atoms with Gasteiger partial charge in [0.25, 0.3) is 5.91 Å². The summed E-state index contributed by atoms with van der Waals surface area (Å²) in [5.74, 6) is -3.32. The van der Waals surface area contributed by atoms with Crippen LogP contribution in [-0.4, -0.2) is 23.0 Å². The number of aliphatic carboxylic acids is 1. The highest BCUT2D eigenvalue weighted by atomic mass is 19.1. The minimum absolute atomic E-state index is 0.0357. The number of carbonyl (C=O) groups excluding carboxylic acids is 1. The van der Waals surface area contributed by atoms with Gasteiger partial charge in [0.15, 0.2) is 0 Å². The quantitative estimate of drug-likeness (QED) is 0.844. The molecule has 0 unspecified atom stereocenters. The van der Waals surface area contributed by atoms with Crippen molar-refractivity contribution < 1.29 is 19.1 Å². The van der Waals surface area contributed by atoms with Crippen LogP contribution in [0.5, 0.6) is 0 Å². The van der Waals surface area contributed by atoms with Crippen LogP contribution < -0.4 is 5.32 Å². The van der Waals surface area contributed by atoms with E-state index in [0.29, 0.717) is 0 Å². The normalized spacial score (nSPS) is 13.1. The first-order chi connectivity index (χ1) is 8.95. The van der Waals surface area contributed by atoms with Crippen LogP contribution in [0, 0.1) is 23.1 Å². The monoisotopic (exact) mass is 264 g/mol. The van der Waals surface area contributed by atoms with Crippen LogP contribution in [0.25, 0.3) is 0 Å². The van der Waals surface area contributed by atoms with Crippen LogP contribution in [-0.2, 0) is 4.79 Å². The van der Waals surface area contributed by atoms with Crippen molar-refractivity contribution in [1.29, 1.82) is 5.26 Å². The number of nitrogens with zero attached hydrogens (tertiary/aromatic N) is 1. The first-order valence-corrected chi connectivity index (χ1v) is 5.63. The van der Waals surface area contributed by atoms with Gasteiger partial charge in [-0.3, -0.25) is 4.79 Å². The molecule has 0 radical (unpaired) electrons. The molecular formula is C13H13FN2O3. The van der Waals surface area contributed by atoms with E-state index in [1.54, 1.807) is 6.92 Å². The second kappa shape index (κ2) is 6.50. The van der Waals surface area contributed by atoms with E-state index in [0.717, 1.165) is 6.07 Å². The minimum atomic E-state index is -1.26. The summed E-state index contributed by atoms with van der Waals surface area (Å²) in [4.78, 5) is 22.7. The SMILES string of the molecule is C[C@@H](C#N)C[C@@H](NC(=O)c1ccccc1F)C(=O)O. The van der Waals surface area contributed by atoms with Crippen molar-refractivity contribution >= 4 is 11.9 Å². The smallest absolute Gasteiger partial charge is 0.326 e. The summed E-state index contributed by atoms with van der Waals surface area (Å²) in [6, 6.07) is 5.95. The summed E-state index contributed by atoms with van der Waals surface area (Å²) in [6.45, 7) is 1.55. The third-order valence-corrected chi connectivity index (χ3v) is 2.53. The summed E-state index contributed by atoms with van der Waals surface area (Å²) < 4.78 is 13.4. The van der Waals surface area contributed by atoms with Crippen LogP contribution >= 0.6 is 0 Å². The molecule has 0 bridgehead atoms. The van der Waals surface area contributed by atoms with Crippen molar-refractivity contribution in [2.75, 3.05) is 0 Å². The Labute approximate surface area is 109 Å². The Bertz CT molecular complexity index is 525. The molecule has 6 heteroatoms. The number of nitrogens with one attached hydrogen (secondary N) is 1. The first kappa shape index (κ1) is 14.6. The predicted molar refractivity (Wildman–Crippen MR) is 64.7 cm³/mol. The standard InChI is InChI=1S/C13H13FN2O3/c1-8(7-15)6-11(13(18)19)16-12(17)9-4-2-3-5-10(9)14/h2-5,8,11H,6H2,1H3,(H,16,17)(H,18,19)/t8-,11-/m1/s1. The van der Waals surface area contributed by atoms with Gasteiger partial charge in [-0.25, -0.2) is 9.18 Å². The van der Waals surface area contributed by atoms with Gasteiger partial charge in [-0.2, -0.15) is 5.26 Å². The lowest BCUT2D eigenvalue weighted by Crippen LogP contribution is -2.42. The fraction of sp³-hybridized carbons (Fsp3) is 0.308. The lowest BCUT2D eigenvalue weighted by molar-refractivity contribution is -0.139. The second-order valence-electron chi connectivity index (χ2n) is 4.11. The predicted octanol–water partition coefficient (Wildman–Crippen LogP) is 1.56. The number of benzene rings is 1. The second-order valence-corrected chi connectivity index (χ2v) is 4.11. The Kier molecular flexibility index (Phi) is 5.01. The van der Waals surface area contributed by atoms with Gasteiger partial charge in [-0.15, -0.1) is 0 Å². The third kappa shape index (κ3) is 4.07. The lowest BCUT2D eigenvalue weighted by Gasteiger charge is -2.15. The first-order valence-electron chi connectivity index (χ1n) is 5.63. The number of hydrogen-bond donors (Lipinski definition) is 2. The van der Waals surface area contributed by atoms with E-state index in [1.807, 2.05) is 6.07 Å². The molecule has 0 heterocycles. The van der Waals surface area contributed by atoms with Crippen LogP contribution in [0.15, 0.2) is 24.3 Å². The van der Waals surface area contributed by atoms with Gasteiger partial charge >= 0.3 is 5.97 Å². The number of nitriles is 1. The maximum absolute atomic E-state index is 13.4. The average molecular weight is 264 g/mol. The molecule has 0 saturated carbocycles. The molecule has 0 aliphatic rings. The molecule has 0 fully saturated rings. The van der Waals surface area contributed by atoms with Crippen molar-refractivity contribution in [2.24, 2.45) is 5.92 Å². The van der Waals surface area contributed by atoms with Crippen molar-refractivity contribution in [1.82, 2.24) is 5.32 Å². The maximum atomic E-state index is 13.4. The van der Waals surface area contributed by atoms with Crippen molar-refractivity contribution in [3.05, 3.63) is 35.6 Å². The number of carboxylic acid groups (broad SMARTS) is 1. The molecule has 1 aromatic carbocycles. The molecule has 100 valence electrons. The molecule has 19 heavy (non-hydrogen) atoms. The summed E-state index contributed by atoms with van der Waals surface area (Å²) in [6.07, 6.45) is -0.0357.